The van der Waals surface area contributed by atoms with Crippen LogP contribution in [0.4, 0.5) is 0 Å². The molecule has 0 unspecified atom stereocenters. The fourth-order valence-corrected chi connectivity index (χ4v) is 2.25. The number of carbonyl (C=O) groups is 2. The van der Waals surface area contributed by atoms with E-state index >= 15 is 0 Å². The van der Waals surface area contributed by atoms with E-state index < -0.39 is 0 Å². The molecular formula is C15H21N3O2. The van der Waals surface area contributed by atoms with Crippen LogP contribution in [0.3, 0.4) is 0 Å². The van der Waals surface area contributed by atoms with Gasteiger partial charge in [0, 0.05) is 13.1 Å². The molecule has 3 N–H and O–H groups in total. The van der Waals surface area contributed by atoms with Crippen molar-refractivity contribution in [1.29, 1.82) is 0 Å². The summed E-state index contributed by atoms with van der Waals surface area (Å²) < 4.78 is 0. The number of rotatable bonds is 5. The molecule has 0 radical (unpaired) electrons. The molecule has 1 aromatic rings. The SMILES string of the molecule is O=C(CNC(=O)[C@H]1CCCNC1)NCc1ccccc1. The first-order valence-corrected chi connectivity index (χ1v) is 7.05. The van der Waals surface area contributed by atoms with E-state index in [0.29, 0.717) is 13.1 Å². The Morgan fingerprint density at radius 1 is 1.20 bits per heavy atom. The molecule has 1 aliphatic heterocycles. The van der Waals surface area contributed by atoms with Gasteiger partial charge < -0.3 is 16.0 Å². The molecule has 1 atom stereocenters. The topological polar surface area (TPSA) is 70.2 Å². The molecule has 0 aromatic heterocycles. The van der Waals surface area contributed by atoms with Gasteiger partial charge in [-0.3, -0.25) is 9.59 Å². The minimum atomic E-state index is -0.161. The predicted octanol–water partition coefficient (Wildman–Crippen LogP) is 0.419. The summed E-state index contributed by atoms with van der Waals surface area (Å²) in [6.45, 7) is 2.21. The molecule has 20 heavy (non-hydrogen) atoms. The van der Waals surface area contributed by atoms with Gasteiger partial charge >= 0.3 is 0 Å². The number of carbonyl (C=O) groups excluding carboxylic acids is 2. The van der Waals surface area contributed by atoms with Crippen molar-refractivity contribution in [3.8, 4) is 0 Å². The summed E-state index contributed by atoms with van der Waals surface area (Å²) in [7, 11) is 0. The largest absolute Gasteiger partial charge is 0.350 e. The highest BCUT2D eigenvalue weighted by atomic mass is 16.2. The number of hydrogen-bond acceptors (Lipinski definition) is 3. The Labute approximate surface area is 119 Å². The van der Waals surface area contributed by atoms with Crippen LogP contribution in [0.15, 0.2) is 30.3 Å². The van der Waals surface area contributed by atoms with E-state index in [4.69, 9.17) is 0 Å². The van der Waals surface area contributed by atoms with Gasteiger partial charge in [0.25, 0.3) is 0 Å². The second-order valence-corrected chi connectivity index (χ2v) is 5.02. The van der Waals surface area contributed by atoms with Crippen molar-refractivity contribution in [2.45, 2.75) is 19.4 Å². The zero-order valence-electron chi connectivity index (χ0n) is 11.5. The van der Waals surface area contributed by atoms with Gasteiger partial charge in [0.1, 0.15) is 0 Å². The zero-order valence-corrected chi connectivity index (χ0v) is 11.5. The van der Waals surface area contributed by atoms with Crippen LogP contribution >= 0.6 is 0 Å². The highest BCUT2D eigenvalue weighted by molar-refractivity contribution is 5.85. The molecule has 108 valence electrons. The number of nitrogens with one attached hydrogen (secondary N) is 3. The van der Waals surface area contributed by atoms with Crippen molar-refractivity contribution in [3.05, 3.63) is 35.9 Å². The Morgan fingerprint density at radius 3 is 2.70 bits per heavy atom. The summed E-state index contributed by atoms with van der Waals surface area (Å²) in [5.74, 6) is -0.205. The lowest BCUT2D eigenvalue weighted by molar-refractivity contribution is -0.129. The second kappa shape index (κ2) is 7.65. The maximum absolute atomic E-state index is 11.8. The van der Waals surface area contributed by atoms with Crippen LogP contribution in [0.5, 0.6) is 0 Å². The summed E-state index contributed by atoms with van der Waals surface area (Å²) in [4.78, 5) is 23.5. The average molecular weight is 275 g/mol. The number of benzene rings is 1. The zero-order chi connectivity index (χ0) is 14.2. The van der Waals surface area contributed by atoms with E-state index in [1.54, 1.807) is 0 Å². The first kappa shape index (κ1) is 14.5. The number of hydrogen-bond donors (Lipinski definition) is 3. The molecule has 1 heterocycles. The van der Waals surface area contributed by atoms with Crippen molar-refractivity contribution < 1.29 is 9.59 Å². The van der Waals surface area contributed by atoms with Crippen molar-refractivity contribution in [2.75, 3.05) is 19.6 Å². The van der Waals surface area contributed by atoms with Crippen molar-refractivity contribution in [1.82, 2.24) is 16.0 Å². The first-order valence-electron chi connectivity index (χ1n) is 7.05. The van der Waals surface area contributed by atoms with Crippen LogP contribution in [0.25, 0.3) is 0 Å². The average Bonchev–Trinajstić information content (AvgIpc) is 2.52. The van der Waals surface area contributed by atoms with Gasteiger partial charge in [-0.2, -0.15) is 0 Å². The van der Waals surface area contributed by atoms with Crippen LogP contribution in [-0.2, 0) is 16.1 Å². The van der Waals surface area contributed by atoms with Crippen molar-refractivity contribution in [2.24, 2.45) is 5.92 Å². The van der Waals surface area contributed by atoms with Crippen LogP contribution in [0, 0.1) is 5.92 Å². The first-order chi connectivity index (χ1) is 9.75. The molecule has 2 amide bonds. The minimum Gasteiger partial charge on any atom is -0.350 e. The molecule has 0 aliphatic carbocycles. The van der Waals surface area contributed by atoms with E-state index in [1.807, 2.05) is 30.3 Å². The summed E-state index contributed by atoms with van der Waals surface area (Å²) in [5.41, 5.74) is 1.05. The minimum absolute atomic E-state index is 0.00864. The molecule has 5 nitrogen and oxygen atoms in total. The predicted molar refractivity (Wildman–Crippen MR) is 76.9 cm³/mol. The Balaban J connectivity index is 1.65. The lowest BCUT2D eigenvalue weighted by atomic mass is 9.99. The summed E-state index contributed by atoms with van der Waals surface area (Å²) in [6.07, 6.45) is 1.91. The van der Waals surface area contributed by atoms with Crippen LogP contribution in [0.2, 0.25) is 0 Å². The van der Waals surface area contributed by atoms with E-state index in [0.717, 1.165) is 24.9 Å². The third-order valence-electron chi connectivity index (χ3n) is 3.42. The lowest BCUT2D eigenvalue weighted by Crippen LogP contribution is -2.44. The van der Waals surface area contributed by atoms with Gasteiger partial charge in [0.05, 0.1) is 12.5 Å². The molecule has 1 aromatic carbocycles. The van der Waals surface area contributed by atoms with Gasteiger partial charge in [-0.05, 0) is 24.9 Å². The Kier molecular flexibility index (Phi) is 5.55. The van der Waals surface area contributed by atoms with Gasteiger partial charge in [0.15, 0.2) is 0 Å². The normalized spacial score (nSPS) is 18.3. The Bertz CT molecular complexity index is 442. The molecule has 1 saturated heterocycles. The van der Waals surface area contributed by atoms with Crippen LogP contribution < -0.4 is 16.0 Å². The third kappa shape index (κ3) is 4.66. The van der Waals surface area contributed by atoms with Gasteiger partial charge in [-0.15, -0.1) is 0 Å². The highest BCUT2D eigenvalue weighted by Crippen LogP contribution is 2.09. The molecule has 1 fully saturated rings. The summed E-state index contributed by atoms with van der Waals surface area (Å²) in [5, 5.41) is 8.67. The monoisotopic (exact) mass is 275 g/mol. The standard InChI is InChI=1S/C15H21N3O2/c19-14(17-9-12-5-2-1-3-6-12)11-18-15(20)13-7-4-8-16-10-13/h1-3,5-6,13,16H,4,7-11H2,(H,17,19)(H,18,20)/t13-/m0/s1. The summed E-state index contributed by atoms with van der Waals surface area (Å²) in [6, 6.07) is 9.70. The fraction of sp³-hybridized carbons (Fsp3) is 0.467. The highest BCUT2D eigenvalue weighted by Gasteiger charge is 2.20. The maximum atomic E-state index is 11.8. The molecular weight excluding hydrogens is 254 g/mol. The quantitative estimate of drug-likeness (QED) is 0.729. The van der Waals surface area contributed by atoms with Crippen molar-refractivity contribution in [3.63, 3.8) is 0 Å². The molecule has 1 aliphatic rings. The van der Waals surface area contributed by atoms with Gasteiger partial charge in [-0.25, -0.2) is 0 Å². The third-order valence-corrected chi connectivity index (χ3v) is 3.42. The summed E-state index contributed by atoms with van der Waals surface area (Å²) >= 11 is 0. The smallest absolute Gasteiger partial charge is 0.239 e. The fourth-order valence-electron chi connectivity index (χ4n) is 2.25. The van der Waals surface area contributed by atoms with Gasteiger partial charge in [-0.1, -0.05) is 30.3 Å². The Hall–Kier alpha value is -1.88. The molecule has 5 heteroatoms. The van der Waals surface area contributed by atoms with E-state index in [-0.39, 0.29) is 24.3 Å². The van der Waals surface area contributed by atoms with Crippen molar-refractivity contribution >= 4 is 11.8 Å². The molecule has 0 saturated carbocycles. The number of amides is 2. The second-order valence-electron chi connectivity index (χ2n) is 5.02. The molecule has 0 bridgehead atoms. The van der Waals surface area contributed by atoms with E-state index in [9.17, 15) is 9.59 Å². The molecule has 0 spiro atoms. The van der Waals surface area contributed by atoms with E-state index in [2.05, 4.69) is 16.0 Å². The number of piperidine rings is 1. The van der Waals surface area contributed by atoms with Gasteiger partial charge in [0.2, 0.25) is 11.8 Å². The van der Waals surface area contributed by atoms with Crippen LogP contribution in [0.1, 0.15) is 18.4 Å². The lowest BCUT2D eigenvalue weighted by Gasteiger charge is -2.21. The Morgan fingerprint density at radius 2 is 2.00 bits per heavy atom. The van der Waals surface area contributed by atoms with E-state index in [1.165, 1.54) is 0 Å². The van der Waals surface area contributed by atoms with Crippen LogP contribution in [-0.4, -0.2) is 31.4 Å². The maximum Gasteiger partial charge on any atom is 0.239 e. The molecule has 2 rings (SSSR count).